The van der Waals surface area contributed by atoms with E-state index in [1.807, 2.05) is 60.7 Å². The minimum Gasteiger partial charge on any atom is -0.423 e. The molecule has 5 heteroatoms. The van der Waals surface area contributed by atoms with Crippen LogP contribution in [-0.2, 0) is 19.2 Å². The van der Waals surface area contributed by atoms with Crippen molar-refractivity contribution in [2.75, 3.05) is 5.06 Å². The van der Waals surface area contributed by atoms with Crippen LogP contribution < -0.4 is 5.06 Å². The molecule has 2 aromatic rings. The number of anilines is 1. The molecule has 1 heterocycles. The largest absolute Gasteiger partial charge is 0.423 e. The third kappa shape index (κ3) is 3.03. The standard InChI is InChI=1S/C19H19NO4/c1-14(21)19(23-15(2)22)13-18(16-9-5-3-6-10-16)20(24-19)17-11-7-4-8-12-17/h3-12,18H,13H2,1-2H3/t18-,19+/m1/s1. The molecule has 1 aliphatic heterocycles. The van der Waals surface area contributed by atoms with Gasteiger partial charge in [-0.15, -0.1) is 0 Å². The van der Waals surface area contributed by atoms with Crippen LogP contribution in [0.4, 0.5) is 5.69 Å². The van der Waals surface area contributed by atoms with Gasteiger partial charge in [0.2, 0.25) is 5.78 Å². The molecule has 0 aliphatic carbocycles. The molecule has 1 aliphatic rings. The summed E-state index contributed by atoms with van der Waals surface area (Å²) >= 11 is 0. The van der Waals surface area contributed by atoms with Crippen LogP contribution in [0, 0.1) is 0 Å². The van der Waals surface area contributed by atoms with Gasteiger partial charge in [0.15, 0.2) is 0 Å². The Hall–Kier alpha value is -2.66. The lowest BCUT2D eigenvalue weighted by Gasteiger charge is -2.27. The van der Waals surface area contributed by atoms with Gasteiger partial charge in [-0.3, -0.25) is 9.59 Å². The molecule has 0 saturated carbocycles. The molecular formula is C19H19NO4. The molecule has 24 heavy (non-hydrogen) atoms. The molecular weight excluding hydrogens is 306 g/mol. The van der Waals surface area contributed by atoms with E-state index in [0.29, 0.717) is 0 Å². The number of Topliss-reactive ketones (excluding diaryl/α,β-unsaturated/α-hetero) is 1. The molecule has 3 rings (SSSR count). The number of nitrogens with zero attached hydrogens (tertiary/aromatic N) is 1. The number of carbonyl (C=O) groups excluding carboxylic acids is 2. The molecule has 5 nitrogen and oxygen atoms in total. The van der Waals surface area contributed by atoms with Crippen LogP contribution in [0.5, 0.6) is 0 Å². The Morgan fingerprint density at radius 1 is 1.04 bits per heavy atom. The average Bonchev–Trinajstić information content (AvgIpc) is 2.97. The van der Waals surface area contributed by atoms with E-state index in [2.05, 4.69) is 0 Å². The van der Waals surface area contributed by atoms with Crippen LogP contribution in [0.3, 0.4) is 0 Å². The molecule has 0 radical (unpaired) electrons. The summed E-state index contributed by atoms with van der Waals surface area (Å²) in [6, 6.07) is 18.9. The Bertz CT molecular complexity index is 682. The highest BCUT2D eigenvalue weighted by Crippen LogP contribution is 2.44. The summed E-state index contributed by atoms with van der Waals surface area (Å²) in [5.74, 6) is -2.48. The van der Waals surface area contributed by atoms with E-state index in [1.54, 1.807) is 5.06 Å². The van der Waals surface area contributed by atoms with Gasteiger partial charge in [-0.1, -0.05) is 48.5 Å². The van der Waals surface area contributed by atoms with Crippen molar-refractivity contribution in [3.8, 4) is 0 Å². The number of ketones is 1. The topological polar surface area (TPSA) is 55.8 Å². The highest BCUT2D eigenvalue weighted by Gasteiger charge is 2.53. The van der Waals surface area contributed by atoms with E-state index in [4.69, 9.17) is 9.57 Å². The van der Waals surface area contributed by atoms with Crippen molar-refractivity contribution < 1.29 is 19.2 Å². The van der Waals surface area contributed by atoms with Crippen LogP contribution >= 0.6 is 0 Å². The molecule has 124 valence electrons. The maximum atomic E-state index is 12.2. The van der Waals surface area contributed by atoms with Crippen molar-refractivity contribution in [1.82, 2.24) is 0 Å². The molecule has 1 saturated heterocycles. The Morgan fingerprint density at radius 2 is 1.62 bits per heavy atom. The Balaban J connectivity index is 2.04. The van der Waals surface area contributed by atoms with Gasteiger partial charge < -0.3 is 4.74 Å². The van der Waals surface area contributed by atoms with E-state index in [0.717, 1.165) is 11.3 Å². The van der Waals surface area contributed by atoms with E-state index in [1.165, 1.54) is 13.8 Å². The second kappa shape index (κ2) is 6.45. The maximum Gasteiger partial charge on any atom is 0.305 e. The zero-order valence-corrected chi connectivity index (χ0v) is 13.6. The molecule has 0 unspecified atom stereocenters. The Kier molecular flexibility index (Phi) is 4.36. The predicted molar refractivity (Wildman–Crippen MR) is 89.0 cm³/mol. The number of esters is 1. The fourth-order valence-electron chi connectivity index (χ4n) is 2.91. The number of hydrogen-bond donors (Lipinski definition) is 0. The summed E-state index contributed by atoms with van der Waals surface area (Å²) in [4.78, 5) is 29.7. The summed E-state index contributed by atoms with van der Waals surface area (Å²) in [6.07, 6.45) is 0.237. The summed E-state index contributed by atoms with van der Waals surface area (Å²) < 4.78 is 5.31. The number of carbonyl (C=O) groups is 2. The monoisotopic (exact) mass is 325 g/mol. The smallest absolute Gasteiger partial charge is 0.305 e. The number of hydrogen-bond acceptors (Lipinski definition) is 5. The Morgan fingerprint density at radius 3 is 2.17 bits per heavy atom. The normalized spacial score (nSPS) is 23.1. The first kappa shape index (κ1) is 16.2. The van der Waals surface area contributed by atoms with E-state index in [-0.39, 0.29) is 18.2 Å². The number of hydroxylamine groups is 1. The molecule has 1 fully saturated rings. The number of para-hydroxylation sites is 1. The van der Waals surface area contributed by atoms with Crippen LogP contribution in [0.1, 0.15) is 31.9 Å². The summed E-state index contributed by atoms with van der Waals surface area (Å²) in [7, 11) is 0. The fraction of sp³-hybridized carbons (Fsp3) is 0.263. The second-order valence-corrected chi connectivity index (χ2v) is 5.79. The van der Waals surface area contributed by atoms with Crippen molar-refractivity contribution in [2.45, 2.75) is 32.1 Å². The van der Waals surface area contributed by atoms with Gasteiger partial charge in [0, 0.05) is 13.8 Å². The number of benzene rings is 2. The average molecular weight is 325 g/mol. The third-order valence-electron chi connectivity index (χ3n) is 4.03. The van der Waals surface area contributed by atoms with E-state index >= 15 is 0 Å². The van der Waals surface area contributed by atoms with Gasteiger partial charge in [-0.2, -0.15) is 0 Å². The van der Waals surface area contributed by atoms with Gasteiger partial charge in [0.1, 0.15) is 0 Å². The van der Waals surface area contributed by atoms with E-state index in [9.17, 15) is 9.59 Å². The van der Waals surface area contributed by atoms with E-state index < -0.39 is 11.8 Å². The fourth-order valence-corrected chi connectivity index (χ4v) is 2.91. The van der Waals surface area contributed by atoms with Crippen LogP contribution in [-0.4, -0.2) is 17.5 Å². The first-order valence-electron chi connectivity index (χ1n) is 7.81. The lowest BCUT2D eigenvalue weighted by atomic mass is 9.97. The second-order valence-electron chi connectivity index (χ2n) is 5.79. The third-order valence-corrected chi connectivity index (χ3v) is 4.03. The molecule has 0 spiro atoms. The van der Waals surface area contributed by atoms with Crippen LogP contribution in [0.15, 0.2) is 60.7 Å². The zero-order valence-electron chi connectivity index (χ0n) is 13.6. The molecule has 0 aromatic heterocycles. The minimum atomic E-state index is -1.60. The first-order valence-corrected chi connectivity index (χ1v) is 7.81. The predicted octanol–water partition coefficient (Wildman–Crippen LogP) is 3.42. The number of rotatable bonds is 4. The van der Waals surface area contributed by atoms with Crippen molar-refractivity contribution in [2.24, 2.45) is 0 Å². The first-order chi connectivity index (χ1) is 11.5. The van der Waals surface area contributed by atoms with Crippen LogP contribution in [0.25, 0.3) is 0 Å². The highest BCUT2D eigenvalue weighted by atomic mass is 16.8. The molecule has 0 amide bonds. The minimum absolute atomic E-state index is 0.237. The SMILES string of the molecule is CC(=O)O[C@@]1(C(C)=O)C[C@H](c2ccccc2)N(c2ccccc2)O1. The molecule has 2 atom stereocenters. The maximum absolute atomic E-state index is 12.2. The van der Waals surface area contributed by atoms with Crippen molar-refractivity contribution in [1.29, 1.82) is 0 Å². The zero-order chi connectivity index (χ0) is 17.2. The van der Waals surface area contributed by atoms with Crippen molar-refractivity contribution in [3.63, 3.8) is 0 Å². The molecule has 0 bridgehead atoms. The van der Waals surface area contributed by atoms with Crippen molar-refractivity contribution >= 4 is 17.4 Å². The van der Waals surface area contributed by atoms with Gasteiger partial charge in [-0.25, -0.2) is 9.90 Å². The lowest BCUT2D eigenvalue weighted by molar-refractivity contribution is -0.213. The van der Waals surface area contributed by atoms with Gasteiger partial charge in [0.05, 0.1) is 18.2 Å². The van der Waals surface area contributed by atoms with Gasteiger partial charge in [-0.05, 0) is 17.7 Å². The van der Waals surface area contributed by atoms with Crippen LogP contribution in [0.2, 0.25) is 0 Å². The molecule has 2 aromatic carbocycles. The quantitative estimate of drug-likeness (QED) is 0.806. The van der Waals surface area contributed by atoms with Gasteiger partial charge >= 0.3 is 5.97 Å². The van der Waals surface area contributed by atoms with Crippen molar-refractivity contribution in [3.05, 3.63) is 66.2 Å². The summed E-state index contributed by atoms with van der Waals surface area (Å²) in [5, 5.41) is 1.65. The number of ether oxygens (including phenoxy) is 1. The molecule has 0 N–H and O–H groups in total. The summed E-state index contributed by atoms with van der Waals surface area (Å²) in [5.41, 5.74) is 1.78. The lowest BCUT2D eigenvalue weighted by Crippen LogP contribution is -2.42. The highest BCUT2D eigenvalue weighted by molar-refractivity contribution is 5.86. The van der Waals surface area contributed by atoms with Gasteiger partial charge in [0.25, 0.3) is 5.79 Å². The Labute approximate surface area is 140 Å². The summed E-state index contributed by atoms with van der Waals surface area (Å²) in [6.45, 7) is 2.65.